The van der Waals surface area contributed by atoms with Gasteiger partial charge >= 0.3 is 0 Å². The van der Waals surface area contributed by atoms with Gasteiger partial charge in [-0.25, -0.2) is 4.98 Å². The summed E-state index contributed by atoms with van der Waals surface area (Å²) in [6, 6.07) is 2.14. The Labute approximate surface area is 119 Å². The van der Waals surface area contributed by atoms with E-state index in [2.05, 4.69) is 16.4 Å². The lowest BCUT2D eigenvalue weighted by atomic mass is 10.2. The molecule has 4 nitrogen and oxygen atoms in total. The largest absolute Gasteiger partial charge is 0.312 e. The number of carbonyl (C=O) groups is 1. The number of anilines is 1. The van der Waals surface area contributed by atoms with Gasteiger partial charge in [-0.15, -0.1) is 22.7 Å². The van der Waals surface area contributed by atoms with E-state index in [4.69, 9.17) is 5.26 Å². The molecule has 0 saturated carbocycles. The van der Waals surface area contributed by atoms with Crippen LogP contribution in [0.4, 0.5) is 5.00 Å². The number of hydrogen-bond donors (Lipinski definition) is 1. The van der Waals surface area contributed by atoms with Crippen LogP contribution in [0.2, 0.25) is 0 Å². The fraction of sp³-hybridized carbons (Fsp3) is 0.308. The number of aryl methyl sites for hydroxylation is 3. The summed E-state index contributed by atoms with van der Waals surface area (Å²) in [5.41, 5.74) is 2.21. The van der Waals surface area contributed by atoms with Crippen molar-refractivity contribution in [2.24, 2.45) is 0 Å². The van der Waals surface area contributed by atoms with E-state index in [1.807, 2.05) is 27.7 Å². The Morgan fingerprint density at radius 3 is 2.47 bits per heavy atom. The van der Waals surface area contributed by atoms with Gasteiger partial charge in [0.05, 0.1) is 16.3 Å². The van der Waals surface area contributed by atoms with Crippen LogP contribution in [0.3, 0.4) is 0 Å². The van der Waals surface area contributed by atoms with Crippen LogP contribution >= 0.6 is 22.7 Å². The van der Waals surface area contributed by atoms with Gasteiger partial charge in [-0.3, -0.25) is 4.79 Å². The minimum absolute atomic E-state index is 0.194. The molecule has 0 radical (unpaired) electrons. The predicted octanol–water partition coefficient (Wildman–Crippen LogP) is 3.56. The number of aromatic nitrogens is 1. The summed E-state index contributed by atoms with van der Waals surface area (Å²) in [6.45, 7) is 7.52. The highest BCUT2D eigenvalue weighted by molar-refractivity contribution is 7.17. The molecule has 98 valence electrons. The van der Waals surface area contributed by atoms with Crippen molar-refractivity contribution < 1.29 is 4.79 Å². The van der Waals surface area contributed by atoms with Gasteiger partial charge in [0.1, 0.15) is 15.9 Å². The number of nitriles is 1. The number of thiazole rings is 1. The Morgan fingerprint density at radius 1 is 1.26 bits per heavy atom. The van der Waals surface area contributed by atoms with Gasteiger partial charge in [0.2, 0.25) is 0 Å². The third-order valence-corrected chi connectivity index (χ3v) is 5.03. The van der Waals surface area contributed by atoms with Crippen molar-refractivity contribution >= 4 is 33.6 Å². The van der Waals surface area contributed by atoms with E-state index >= 15 is 0 Å². The molecule has 0 aromatic carbocycles. The predicted molar refractivity (Wildman–Crippen MR) is 78.0 cm³/mol. The van der Waals surface area contributed by atoms with Gasteiger partial charge in [0.15, 0.2) is 0 Å². The fourth-order valence-electron chi connectivity index (χ4n) is 1.75. The van der Waals surface area contributed by atoms with Crippen LogP contribution in [0.15, 0.2) is 0 Å². The maximum absolute atomic E-state index is 12.2. The molecular formula is C13H13N3OS2. The molecule has 0 fully saturated rings. The van der Waals surface area contributed by atoms with Crippen molar-refractivity contribution in [1.82, 2.24) is 4.98 Å². The standard InChI is InChI=1S/C13H13N3OS2/c1-6-8(3)18-13(10(6)5-14)16-12(17)11-7(2)15-9(4)19-11/h1-4H3,(H,16,17). The third kappa shape index (κ3) is 2.53. The first-order valence-electron chi connectivity index (χ1n) is 5.69. The Balaban J connectivity index is 2.32. The molecule has 0 bridgehead atoms. The summed E-state index contributed by atoms with van der Waals surface area (Å²) in [5.74, 6) is -0.194. The second-order valence-corrected chi connectivity index (χ2v) is 6.63. The molecule has 0 unspecified atom stereocenters. The summed E-state index contributed by atoms with van der Waals surface area (Å²) >= 11 is 2.80. The summed E-state index contributed by atoms with van der Waals surface area (Å²) in [5, 5.41) is 13.5. The van der Waals surface area contributed by atoms with E-state index in [-0.39, 0.29) is 5.91 Å². The smallest absolute Gasteiger partial charge is 0.268 e. The monoisotopic (exact) mass is 291 g/mol. The zero-order valence-corrected chi connectivity index (χ0v) is 12.8. The van der Waals surface area contributed by atoms with Gasteiger partial charge in [-0.2, -0.15) is 5.26 Å². The maximum atomic E-state index is 12.2. The average Bonchev–Trinajstić information content (AvgIpc) is 2.80. The second-order valence-electron chi connectivity index (χ2n) is 4.20. The number of rotatable bonds is 2. The Bertz CT molecular complexity index is 692. The number of carbonyl (C=O) groups excluding carboxylic acids is 1. The quantitative estimate of drug-likeness (QED) is 0.920. The average molecular weight is 291 g/mol. The zero-order chi connectivity index (χ0) is 14.2. The first kappa shape index (κ1) is 13.7. The number of nitrogens with one attached hydrogen (secondary N) is 1. The van der Waals surface area contributed by atoms with E-state index in [1.54, 1.807) is 0 Å². The molecule has 2 rings (SSSR count). The van der Waals surface area contributed by atoms with E-state index in [1.165, 1.54) is 22.7 Å². The number of amides is 1. The minimum atomic E-state index is -0.194. The second kappa shape index (κ2) is 5.11. The highest BCUT2D eigenvalue weighted by atomic mass is 32.1. The first-order valence-corrected chi connectivity index (χ1v) is 7.32. The van der Waals surface area contributed by atoms with Crippen molar-refractivity contribution in [3.8, 4) is 6.07 Å². The van der Waals surface area contributed by atoms with Crippen LogP contribution in [0.5, 0.6) is 0 Å². The zero-order valence-electron chi connectivity index (χ0n) is 11.1. The number of hydrogen-bond acceptors (Lipinski definition) is 5. The molecule has 0 spiro atoms. The highest BCUT2D eigenvalue weighted by Crippen LogP contribution is 2.32. The molecular weight excluding hydrogens is 278 g/mol. The van der Waals surface area contributed by atoms with Gasteiger partial charge in [0, 0.05) is 4.88 Å². The molecule has 0 saturated heterocycles. The third-order valence-electron chi connectivity index (χ3n) is 2.83. The molecule has 6 heteroatoms. The molecule has 2 aromatic heterocycles. The molecule has 19 heavy (non-hydrogen) atoms. The molecule has 0 atom stereocenters. The van der Waals surface area contributed by atoms with E-state index in [9.17, 15) is 4.79 Å². The van der Waals surface area contributed by atoms with Crippen LogP contribution in [-0.2, 0) is 0 Å². The minimum Gasteiger partial charge on any atom is -0.312 e. The summed E-state index contributed by atoms with van der Waals surface area (Å²) < 4.78 is 0. The van der Waals surface area contributed by atoms with Crippen molar-refractivity contribution in [2.45, 2.75) is 27.7 Å². The number of thiophene rings is 1. The maximum Gasteiger partial charge on any atom is 0.268 e. The molecule has 0 aliphatic carbocycles. The molecule has 0 aliphatic heterocycles. The molecule has 2 aromatic rings. The fourth-order valence-corrected chi connectivity index (χ4v) is 3.57. The summed E-state index contributed by atoms with van der Waals surface area (Å²) in [4.78, 5) is 18.1. The van der Waals surface area contributed by atoms with Crippen molar-refractivity contribution in [3.63, 3.8) is 0 Å². The lowest BCUT2D eigenvalue weighted by Gasteiger charge is -2.01. The van der Waals surface area contributed by atoms with Crippen LogP contribution in [0.1, 0.15) is 36.4 Å². The van der Waals surface area contributed by atoms with E-state index in [0.717, 1.165) is 21.1 Å². The topological polar surface area (TPSA) is 65.8 Å². The number of nitrogens with zero attached hydrogens (tertiary/aromatic N) is 2. The van der Waals surface area contributed by atoms with Crippen LogP contribution in [0.25, 0.3) is 0 Å². The molecule has 0 aliphatic rings. The normalized spacial score (nSPS) is 10.3. The van der Waals surface area contributed by atoms with Crippen molar-refractivity contribution in [1.29, 1.82) is 5.26 Å². The first-order chi connectivity index (χ1) is 8.93. The van der Waals surface area contributed by atoms with Gasteiger partial charge in [-0.05, 0) is 33.3 Å². The SMILES string of the molecule is Cc1nc(C)c(C(=O)Nc2sc(C)c(C)c2C#N)s1. The Morgan fingerprint density at radius 2 is 1.95 bits per heavy atom. The van der Waals surface area contributed by atoms with Crippen molar-refractivity contribution in [2.75, 3.05) is 5.32 Å². The Kier molecular flexibility index (Phi) is 3.69. The lowest BCUT2D eigenvalue weighted by Crippen LogP contribution is -2.11. The summed E-state index contributed by atoms with van der Waals surface area (Å²) in [7, 11) is 0. The molecule has 2 heterocycles. The van der Waals surface area contributed by atoms with Crippen LogP contribution in [-0.4, -0.2) is 10.9 Å². The van der Waals surface area contributed by atoms with Gasteiger partial charge < -0.3 is 5.32 Å². The molecule has 1 amide bonds. The van der Waals surface area contributed by atoms with E-state index in [0.29, 0.717) is 15.4 Å². The van der Waals surface area contributed by atoms with Gasteiger partial charge in [0.25, 0.3) is 5.91 Å². The van der Waals surface area contributed by atoms with Crippen LogP contribution in [0, 0.1) is 39.0 Å². The Hall–Kier alpha value is -1.71. The highest BCUT2D eigenvalue weighted by Gasteiger charge is 2.18. The molecule has 1 N–H and O–H groups in total. The summed E-state index contributed by atoms with van der Waals surface area (Å²) in [6.07, 6.45) is 0. The lowest BCUT2D eigenvalue weighted by molar-refractivity contribution is 0.103. The van der Waals surface area contributed by atoms with E-state index < -0.39 is 0 Å². The van der Waals surface area contributed by atoms with Crippen molar-refractivity contribution in [3.05, 3.63) is 31.6 Å². The van der Waals surface area contributed by atoms with Gasteiger partial charge in [-0.1, -0.05) is 0 Å². The van der Waals surface area contributed by atoms with Crippen LogP contribution < -0.4 is 5.32 Å².